The van der Waals surface area contributed by atoms with E-state index in [1.54, 1.807) is 18.2 Å². The van der Waals surface area contributed by atoms with Gasteiger partial charge in [0.2, 0.25) is 0 Å². The Labute approximate surface area is 216 Å². The number of nitrogens with zero attached hydrogens (tertiary/aromatic N) is 1. The average molecular weight is 503 g/mol. The van der Waals surface area contributed by atoms with Gasteiger partial charge in [-0.3, -0.25) is 4.79 Å². The van der Waals surface area contributed by atoms with E-state index in [-0.39, 0.29) is 13.0 Å². The summed E-state index contributed by atoms with van der Waals surface area (Å²) in [6.45, 7) is 4.57. The van der Waals surface area contributed by atoms with Gasteiger partial charge in [0.25, 0.3) is 0 Å². The van der Waals surface area contributed by atoms with Crippen molar-refractivity contribution in [2.24, 2.45) is 11.1 Å². The monoisotopic (exact) mass is 502 g/mol. The quantitative estimate of drug-likeness (QED) is 0.135. The van der Waals surface area contributed by atoms with Crippen molar-refractivity contribution in [3.05, 3.63) is 120 Å². The molecule has 3 aromatic carbocycles. The molecule has 0 spiro atoms. The summed E-state index contributed by atoms with van der Waals surface area (Å²) in [7, 11) is 1.51. The van der Waals surface area contributed by atoms with E-state index in [0.717, 1.165) is 16.7 Å². The van der Waals surface area contributed by atoms with E-state index in [0.29, 0.717) is 29.4 Å². The topological polar surface area (TPSA) is 113 Å². The fourth-order valence-corrected chi connectivity index (χ4v) is 3.58. The van der Waals surface area contributed by atoms with Gasteiger partial charge in [-0.25, -0.2) is 0 Å². The molecule has 0 aliphatic carbocycles. The van der Waals surface area contributed by atoms with Gasteiger partial charge in [0.05, 0.1) is 6.42 Å². The van der Waals surface area contributed by atoms with Gasteiger partial charge in [-0.1, -0.05) is 66.3 Å². The number of carbonyl (C=O) groups is 1. The number of benzene rings is 3. The second-order valence-corrected chi connectivity index (χ2v) is 8.04. The lowest BCUT2D eigenvalue weighted by Crippen LogP contribution is -2.13. The third kappa shape index (κ3) is 8.55. The summed E-state index contributed by atoms with van der Waals surface area (Å²) in [6, 6.07) is 24.6. The Morgan fingerprint density at radius 3 is 2.27 bits per heavy atom. The summed E-state index contributed by atoms with van der Waals surface area (Å²) >= 11 is 0. The van der Waals surface area contributed by atoms with Crippen molar-refractivity contribution in [2.75, 3.05) is 13.7 Å². The highest BCUT2D eigenvalue weighted by atomic mass is 16.6. The number of hydrogen-bond acceptors (Lipinski definition) is 7. The van der Waals surface area contributed by atoms with Gasteiger partial charge < -0.3 is 24.3 Å². The van der Waals surface area contributed by atoms with Crippen LogP contribution < -0.4 is 15.4 Å². The summed E-state index contributed by atoms with van der Waals surface area (Å²) < 4.78 is 11.8. The van der Waals surface area contributed by atoms with E-state index in [1.807, 2.05) is 66.7 Å². The van der Waals surface area contributed by atoms with Crippen LogP contribution in [0.1, 0.15) is 29.0 Å². The lowest BCUT2D eigenvalue weighted by Gasteiger charge is -2.16. The normalized spacial score (nSPS) is 12.1. The second kappa shape index (κ2) is 14.1. The first-order valence-corrected chi connectivity index (χ1v) is 11.5. The van der Waals surface area contributed by atoms with Crippen LogP contribution in [0.5, 0.6) is 11.5 Å². The average Bonchev–Trinajstić information content (AvgIpc) is 2.93. The summed E-state index contributed by atoms with van der Waals surface area (Å²) in [5, 5.41) is 13.3. The minimum atomic E-state index is -0.928. The van der Waals surface area contributed by atoms with Crippen molar-refractivity contribution in [1.82, 2.24) is 0 Å². The predicted octanol–water partition coefficient (Wildman–Crippen LogP) is 5.21. The van der Waals surface area contributed by atoms with Crippen LogP contribution in [0.2, 0.25) is 0 Å². The fraction of sp³-hybridized carbons (Fsp3) is 0.172. The molecule has 37 heavy (non-hydrogen) atoms. The van der Waals surface area contributed by atoms with E-state index in [4.69, 9.17) is 20.2 Å². The highest BCUT2D eigenvalue weighted by Gasteiger charge is 2.18. The predicted molar refractivity (Wildman–Crippen MR) is 141 cm³/mol. The van der Waals surface area contributed by atoms with E-state index >= 15 is 0 Å². The maximum atomic E-state index is 11.3. The van der Waals surface area contributed by atoms with Crippen LogP contribution in [-0.2, 0) is 21.1 Å². The first kappa shape index (κ1) is 27.0. The van der Waals surface area contributed by atoms with E-state index < -0.39 is 11.9 Å². The number of oxime groups is 1. The zero-order valence-corrected chi connectivity index (χ0v) is 20.6. The summed E-state index contributed by atoms with van der Waals surface area (Å²) in [5.74, 6) is 5.03. The van der Waals surface area contributed by atoms with Gasteiger partial charge in [0.15, 0.2) is 0 Å². The van der Waals surface area contributed by atoms with Crippen molar-refractivity contribution in [3.63, 3.8) is 0 Å². The Balaban J connectivity index is 1.56. The Morgan fingerprint density at radius 2 is 1.65 bits per heavy atom. The molecule has 3 N–H and O–H groups in total. The molecule has 0 saturated carbocycles. The molecule has 0 amide bonds. The fourth-order valence-electron chi connectivity index (χ4n) is 3.58. The largest absolute Gasteiger partial charge is 0.489 e. The van der Waals surface area contributed by atoms with Gasteiger partial charge in [-0.05, 0) is 47.0 Å². The molecule has 1 unspecified atom stereocenters. The molecule has 192 valence electrons. The highest BCUT2D eigenvalue weighted by Crippen LogP contribution is 2.29. The molecule has 0 heterocycles. The van der Waals surface area contributed by atoms with Crippen molar-refractivity contribution >= 4 is 11.7 Å². The first-order chi connectivity index (χ1) is 18.0. The van der Waals surface area contributed by atoms with E-state index in [1.165, 1.54) is 13.4 Å². The molecule has 0 aliphatic rings. The third-order valence-electron chi connectivity index (χ3n) is 5.48. The smallest absolute Gasteiger partial charge is 0.304 e. The van der Waals surface area contributed by atoms with Crippen LogP contribution in [0, 0.1) is 0 Å². The standard InChI is InChI=1S/C29H30N2O6/c1-21(16-17-37-30)27(18-29(32)33)23-10-14-26(15-11-23)35-19-22-8-12-25(13-9-22)36-20-28(31-34-2)24-6-4-3-5-7-24/h3-17,27H,1,18-20,30H2,2H3,(H,32,33)/b17-16-,31-28+. The SMILES string of the molecule is C=C(/C=C\ON)C(CC(=O)O)c1ccc(OCc2ccc(OC/C(=N\OC)c3ccccc3)cc2)cc1. The van der Waals surface area contributed by atoms with Crippen LogP contribution in [0.25, 0.3) is 0 Å². The number of carboxylic acid groups (broad SMARTS) is 1. The van der Waals surface area contributed by atoms with Crippen molar-refractivity contribution < 1.29 is 29.0 Å². The summed E-state index contributed by atoms with van der Waals surface area (Å²) in [4.78, 5) is 20.7. The molecule has 8 nitrogen and oxygen atoms in total. The minimum absolute atomic E-state index is 0.105. The number of nitrogens with two attached hydrogens (primary N) is 1. The third-order valence-corrected chi connectivity index (χ3v) is 5.48. The van der Waals surface area contributed by atoms with E-state index in [9.17, 15) is 9.90 Å². The molecule has 0 saturated heterocycles. The Kier molecular flexibility index (Phi) is 10.3. The first-order valence-electron chi connectivity index (χ1n) is 11.5. The van der Waals surface area contributed by atoms with Crippen LogP contribution in [0.15, 0.2) is 109 Å². The maximum Gasteiger partial charge on any atom is 0.304 e. The van der Waals surface area contributed by atoms with Gasteiger partial charge in [0, 0.05) is 11.5 Å². The van der Waals surface area contributed by atoms with Gasteiger partial charge >= 0.3 is 5.97 Å². The molecule has 0 aromatic heterocycles. The van der Waals surface area contributed by atoms with Gasteiger partial charge in [-0.15, -0.1) is 0 Å². The summed E-state index contributed by atoms with van der Waals surface area (Å²) in [6.07, 6.45) is 2.71. The number of rotatable bonds is 14. The molecule has 3 rings (SSSR count). The highest BCUT2D eigenvalue weighted by molar-refractivity contribution is 6.01. The number of carboxylic acids is 1. The Hall–Kier alpha value is -4.56. The van der Waals surface area contributed by atoms with Gasteiger partial charge in [-0.2, -0.15) is 5.90 Å². The number of ether oxygens (including phenoxy) is 2. The van der Waals surface area contributed by atoms with Crippen molar-refractivity contribution in [1.29, 1.82) is 0 Å². The van der Waals surface area contributed by atoms with Crippen LogP contribution in [-0.4, -0.2) is 30.5 Å². The van der Waals surface area contributed by atoms with Gasteiger partial charge in [0.1, 0.15) is 43.8 Å². The Bertz CT molecular complexity index is 1210. The number of allylic oxidation sites excluding steroid dienone is 2. The minimum Gasteiger partial charge on any atom is -0.489 e. The molecule has 0 aliphatic heterocycles. The van der Waals surface area contributed by atoms with Crippen molar-refractivity contribution in [2.45, 2.75) is 18.9 Å². The molecular weight excluding hydrogens is 472 g/mol. The second-order valence-electron chi connectivity index (χ2n) is 8.04. The number of aliphatic carboxylic acids is 1. The summed E-state index contributed by atoms with van der Waals surface area (Å²) in [5.41, 5.74) is 3.97. The molecule has 1 atom stereocenters. The molecule has 0 radical (unpaired) electrons. The van der Waals surface area contributed by atoms with E-state index in [2.05, 4.69) is 16.6 Å². The molecule has 0 fully saturated rings. The molecule has 3 aromatic rings. The van der Waals surface area contributed by atoms with Crippen LogP contribution in [0.3, 0.4) is 0 Å². The lowest BCUT2D eigenvalue weighted by molar-refractivity contribution is -0.137. The number of hydrogen-bond donors (Lipinski definition) is 2. The lowest BCUT2D eigenvalue weighted by atomic mass is 9.89. The van der Waals surface area contributed by atoms with Crippen LogP contribution >= 0.6 is 0 Å². The molecule has 8 heteroatoms. The zero-order chi connectivity index (χ0) is 26.5. The van der Waals surface area contributed by atoms with Crippen LogP contribution in [0.4, 0.5) is 0 Å². The maximum absolute atomic E-state index is 11.3. The molecular formula is C29H30N2O6. The zero-order valence-electron chi connectivity index (χ0n) is 20.6. The van der Waals surface area contributed by atoms with Crippen molar-refractivity contribution in [3.8, 4) is 11.5 Å². The molecule has 0 bridgehead atoms. The Morgan fingerprint density at radius 1 is 1.00 bits per heavy atom.